The van der Waals surface area contributed by atoms with Crippen LogP contribution in [0.2, 0.25) is 0 Å². The molecule has 0 radical (unpaired) electrons. The first kappa shape index (κ1) is 25.2. The summed E-state index contributed by atoms with van der Waals surface area (Å²) < 4.78 is 11.6. The van der Waals surface area contributed by atoms with E-state index >= 15 is 0 Å². The molecule has 1 heterocycles. The predicted molar refractivity (Wildman–Crippen MR) is 130 cm³/mol. The Morgan fingerprint density at radius 3 is 2.33 bits per heavy atom. The monoisotopic (exact) mass is 455 g/mol. The maximum absolute atomic E-state index is 12.7. The van der Waals surface area contributed by atoms with Gasteiger partial charge in [-0.1, -0.05) is 30.3 Å². The smallest absolute Gasteiger partial charge is 0.255 e. The fourth-order valence-corrected chi connectivity index (χ4v) is 3.67. The van der Waals surface area contributed by atoms with Crippen LogP contribution in [0.1, 0.15) is 31.1 Å². The summed E-state index contributed by atoms with van der Waals surface area (Å²) >= 11 is 0. The van der Waals surface area contributed by atoms with E-state index in [0.717, 1.165) is 32.7 Å². The molecule has 0 spiro atoms. The zero-order valence-electron chi connectivity index (χ0n) is 20.0. The van der Waals surface area contributed by atoms with Crippen molar-refractivity contribution in [3.05, 3.63) is 60.2 Å². The van der Waals surface area contributed by atoms with Crippen molar-refractivity contribution >= 4 is 5.91 Å². The van der Waals surface area contributed by atoms with Crippen molar-refractivity contribution in [1.29, 1.82) is 0 Å². The highest BCUT2D eigenvalue weighted by atomic mass is 16.5. The largest absolute Gasteiger partial charge is 0.457 e. The topological polar surface area (TPSA) is 74.3 Å². The van der Waals surface area contributed by atoms with Crippen molar-refractivity contribution in [3.8, 4) is 11.5 Å². The number of β-amino-alcohol motifs (C(OH)–C–C–N with tert-alkyl or cyclic N) is 1. The Morgan fingerprint density at radius 1 is 1.00 bits per heavy atom. The number of nitrogens with one attached hydrogen (secondary N) is 1. The molecule has 7 heteroatoms. The van der Waals surface area contributed by atoms with Crippen molar-refractivity contribution in [2.24, 2.45) is 0 Å². The van der Waals surface area contributed by atoms with E-state index in [1.54, 1.807) is 6.07 Å². The summed E-state index contributed by atoms with van der Waals surface area (Å²) in [5.74, 6) is 1.11. The number of aliphatic hydroxyl groups is 1. The number of ether oxygens (including phenoxy) is 2. The molecule has 0 bridgehead atoms. The summed E-state index contributed by atoms with van der Waals surface area (Å²) in [5.41, 5.74) is 0.288. The second kappa shape index (κ2) is 12.1. The van der Waals surface area contributed by atoms with Crippen LogP contribution in [0.25, 0.3) is 0 Å². The highest BCUT2D eigenvalue weighted by molar-refractivity contribution is 5.97. The average Bonchev–Trinajstić information content (AvgIpc) is 2.79. The summed E-state index contributed by atoms with van der Waals surface area (Å²) in [6.07, 6.45) is -0.478. The van der Waals surface area contributed by atoms with Gasteiger partial charge in [-0.3, -0.25) is 14.6 Å². The number of piperazine rings is 1. The molecule has 0 saturated carbocycles. The molecule has 1 aliphatic rings. The second-order valence-electron chi connectivity index (χ2n) is 9.39. The molecular formula is C26H37N3O4. The first-order valence-electron chi connectivity index (χ1n) is 11.7. The number of carbonyl (C=O) groups is 1. The van der Waals surface area contributed by atoms with Gasteiger partial charge in [-0.15, -0.1) is 0 Å². The van der Waals surface area contributed by atoms with E-state index in [0.29, 0.717) is 36.8 Å². The zero-order valence-corrected chi connectivity index (χ0v) is 20.0. The first-order valence-corrected chi connectivity index (χ1v) is 11.7. The summed E-state index contributed by atoms with van der Waals surface area (Å²) in [7, 11) is 0. The molecule has 3 rings (SSSR count). The minimum Gasteiger partial charge on any atom is -0.457 e. The molecule has 1 amide bonds. The molecule has 7 nitrogen and oxygen atoms in total. The maximum Gasteiger partial charge on any atom is 0.255 e. The molecular weight excluding hydrogens is 418 g/mol. The summed E-state index contributed by atoms with van der Waals surface area (Å²) in [6, 6.07) is 16.7. The lowest BCUT2D eigenvalue weighted by Crippen LogP contribution is -2.50. The quantitative estimate of drug-likeness (QED) is 0.574. The van der Waals surface area contributed by atoms with Crippen LogP contribution in [0.4, 0.5) is 0 Å². The maximum atomic E-state index is 12.7. The third-order valence-corrected chi connectivity index (χ3v) is 5.46. The highest BCUT2D eigenvalue weighted by Crippen LogP contribution is 2.24. The number of nitrogens with zero attached hydrogens (tertiary/aromatic N) is 2. The zero-order chi connectivity index (χ0) is 23.7. The molecule has 1 aliphatic heterocycles. The summed E-state index contributed by atoms with van der Waals surface area (Å²) in [5, 5.41) is 13.2. The van der Waals surface area contributed by atoms with Gasteiger partial charge >= 0.3 is 0 Å². The summed E-state index contributed by atoms with van der Waals surface area (Å²) in [6.45, 7) is 11.9. The van der Waals surface area contributed by atoms with Gasteiger partial charge in [-0.05, 0) is 45.0 Å². The fourth-order valence-electron chi connectivity index (χ4n) is 3.67. The predicted octanol–water partition coefficient (Wildman–Crippen LogP) is 3.00. The molecule has 0 aliphatic carbocycles. The van der Waals surface area contributed by atoms with Crippen LogP contribution < -0.4 is 10.1 Å². The molecule has 2 aromatic carbocycles. The number of hydrogen-bond acceptors (Lipinski definition) is 6. The molecule has 1 fully saturated rings. The minimum absolute atomic E-state index is 0.137. The molecule has 33 heavy (non-hydrogen) atoms. The van der Waals surface area contributed by atoms with Crippen molar-refractivity contribution in [2.45, 2.75) is 32.5 Å². The van der Waals surface area contributed by atoms with Gasteiger partial charge in [-0.25, -0.2) is 0 Å². The van der Waals surface area contributed by atoms with Crippen LogP contribution in [0.15, 0.2) is 54.6 Å². The lowest BCUT2D eigenvalue weighted by molar-refractivity contribution is -0.0585. The Hall–Kier alpha value is -2.45. The van der Waals surface area contributed by atoms with Gasteiger partial charge in [0.05, 0.1) is 23.9 Å². The van der Waals surface area contributed by atoms with Gasteiger partial charge in [0.15, 0.2) is 0 Å². The van der Waals surface area contributed by atoms with E-state index in [2.05, 4.69) is 15.1 Å². The summed E-state index contributed by atoms with van der Waals surface area (Å²) in [4.78, 5) is 17.3. The number of rotatable bonds is 10. The van der Waals surface area contributed by atoms with Gasteiger partial charge in [0.25, 0.3) is 5.91 Å². The Labute approximate surface area is 197 Å². The van der Waals surface area contributed by atoms with Crippen LogP contribution in [0.5, 0.6) is 11.5 Å². The van der Waals surface area contributed by atoms with E-state index in [9.17, 15) is 9.90 Å². The molecule has 1 atom stereocenters. The van der Waals surface area contributed by atoms with Gasteiger partial charge in [0.2, 0.25) is 0 Å². The highest BCUT2D eigenvalue weighted by Gasteiger charge is 2.21. The third kappa shape index (κ3) is 8.78. The Kier molecular flexibility index (Phi) is 9.26. The molecule has 1 unspecified atom stereocenters. The Morgan fingerprint density at radius 2 is 1.64 bits per heavy atom. The van der Waals surface area contributed by atoms with Crippen molar-refractivity contribution in [2.75, 3.05) is 52.4 Å². The number of carbonyl (C=O) groups excluding carboxylic acids is 1. The Balaban J connectivity index is 1.38. The average molecular weight is 456 g/mol. The molecule has 1 saturated heterocycles. The number of aliphatic hydroxyl groups excluding tert-OH is 1. The minimum atomic E-state index is -0.478. The van der Waals surface area contributed by atoms with Crippen molar-refractivity contribution in [1.82, 2.24) is 15.1 Å². The van der Waals surface area contributed by atoms with Gasteiger partial charge in [0, 0.05) is 45.8 Å². The Bertz CT molecular complexity index is 861. The van der Waals surface area contributed by atoms with Crippen LogP contribution >= 0.6 is 0 Å². The molecule has 0 aromatic heterocycles. The van der Waals surface area contributed by atoms with Gasteiger partial charge in [-0.2, -0.15) is 0 Å². The fraction of sp³-hybridized carbons (Fsp3) is 0.500. The number of para-hydroxylation sites is 2. The van der Waals surface area contributed by atoms with Crippen LogP contribution in [0.3, 0.4) is 0 Å². The SMILES string of the molecule is CC(C)(C)OCC(O)CN1CCN(CCNC(=O)c2ccccc2Oc2ccccc2)CC1. The second-order valence-corrected chi connectivity index (χ2v) is 9.39. The molecule has 2 aromatic rings. The third-order valence-electron chi connectivity index (χ3n) is 5.46. The molecule has 180 valence electrons. The lowest BCUT2D eigenvalue weighted by Gasteiger charge is -2.35. The van der Waals surface area contributed by atoms with Gasteiger partial charge < -0.3 is 19.9 Å². The van der Waals surface area contributed by atoms with Gasteiger partial charge in [0.1, 0.15) is 11.5 Å². The van der Waals surface area contributed by atoms with E-state index in [1.165, 1.54) is 0 Å². The van der Waals surface area contributed by atoms with E-state index in [-0.39, 0.29) is 11.5 Å². The van der Waals surface area contributed by atoms with E-state index in [1.807, 2.05) is 69.3 Å². The number of benzene rings is 2. The first-order chi connectivity index (χ1) is 15.8. The van der Waals surface area contributed by atoms with Crippen LogP contribution in [-0.2, 0) is 4.74 Å². The van der Waals surface area contributed by atoms with Crippen molar-refractivity contribution < 1.29 is 19.4 Å². The van der Waals surface area contributed by atoms with E-state index in [4.69, 9.17) is 9.47 Å². The normalized spacial score (nSPS) is 16.4. The number of hydrogen-bond donors (Lipinski definition) is 2. The van der Waals surface area contributed by atoms with Crippen LogP contribution in [0, 0.1) is 0 Å². The van der Waals surface area contributed by atoms with Crippen molar-refractivity contribution in [3.63, 3.8) is 0 Å². The van der Waals surface area contributed by atoms with Crippen LogP contribution in [-0.4, -0.2) is 84.9 Å². The molecule has 2 N–H and O–H groups in total. The number of amides is 1. The lowest BCUT2D eigenvalue weighted by atomic mass is 10.2. The standard InChI is InChI=1S/C26H37N3O4/c1-26(2,3)32-20-21(30)19-29-17-15-28(16-18-29)14-13-27-25(31)23-11-7-8-12-24(23)33-22-9-5-4-6-10-22/h4-12,21,30H,13-20H2,1-3H3,(H,27,31). The van der Waals surface area contributed by atoms with E-state index < -0.39 is 6.10 Å².